The Labute approximate surface area is 138 Å². The summed E-state index contributed by atoms with van der Waals surface area (Å²) in [6, 6.07) is 5.29. The summed E-state index contributed by atoms with van der Waals surface area (Å²) in [5.74, 6) is -0.332. The molecule has 0 unspecified atom stereocenters. The summed E-state index contributed by atoms with van der Waals surface area (Å²) < 4.78 is 28.7. The van der Waals surface area contributed by atoms with Crippen molar-refractivity contribution in [3.8, 4) is 0 Å². The second-order valence-electron chi connectivity index (χ2n) is 5.98. The fourth-order valence-corrected chi connectivity index (χ4v) is 3.10. The smallest absolute Gasteiger partial charge is 0.345 e. The van der Waals surface area contributed by atoms with Gasteiger partial charge in [0.05, 0.1) is 18.5 Å². The standard InChI is InChI=1S/C17H19F2N3O2/c18-17(19)24-10-11-3-5-22(6-4-11)15-9-21-8-13-2-1-12(16(20)23)7-14(13)15/h1-2,7-9,11,17H,3-6,10H2,(H2,20,23). The van der Waals surface area contributed by atoms with E-state index in [4.69, 9.17) is 5.73 Å². The number of pyridine rings is 1. The van der Waals surface area contributed by atoms with E-state index < -0.39 is 12.5 Å². The zero-order chi connectivity index (χ0) is 17.1. The Morgan fingerprint density at radius 2 is 2.08 bits per heavy atom. The zero-order valence-electron chi connectivity index (χ0n) is 13.1. The van der Waals surface area contributed by atoms with E-state index in [1.165, 1.54) is 0 Å². The van der Waals surface area contributed by atoms with Gasteiger partial charge < -0.3 is 15.4 Å². The van der Waals surface area contributed by atoms with Crippen LogP contribution in [0.3, 0.4) is 0 Å². The van der Waals surface area contributed by atoms with Gasteiger partial charge in [-0.1, -0.05) is 6.07 Å². The van der Waals surface area contributed by atoms with Gasteiger partial charge in [0.25, 0.3) is 0 Å². The monoisotopic (exact) mass is 335 g/mol. The molecule has 0 saturated carbocycles. The highest BCUT2D eigenvalue weighted by Gasteiger charge is 2.22. The lowest BCUT2D eigenvalue weighted by atomic mass is 9.96. The number of fused-ring (bicyclic) bond motifs is 1. The SMILES string of the molecule is NC(=O)c1ccc2cncc(N3CCC(COC(F)F)CC3)c2c1. The first-order valence-electron chi connectivity index (χ1n) is 7.87. The molecule has 2 N–H and O–H groups in total. The van der Waals surface area contributed by atoms with Crippen molar-refractivity contribution in [2.45, 2.75) is 19.5 Å². The number of carbonyl (C=O) groups excluding carboxylic acids is 1. The van der Waals surface area contributed by atoms with Crippen LogP contribution in [-0.2, 0) is 4.74 Å². The molecule has 0 spiro atoms. The summed E-state index contributed by atoms with van der Waals surface area (Å²) in [5.41, 5.74) is 6.75. The molecule has 24 heavy (non-hydrogen) atoms. The van der Waals surface area contributed by atoms with Crippen molar-refractivity contribution in [1.82, 2.24) is 4.98 Å². The lowest BCUT2D eigenvalue weighted by Gasteiger charge is -2.33. The molecule has 1 aliphatic heterocycles. The zero-order valence-corrected chi connectivity index (χ0v) is 13.1. The summed E-state index contributed by atoms with van der Waals surface area (Å²) >= 11 is 0. The number of ether oxygens (including phenoxy) is 1. The van der Waals surface area contributed by atoms with Gasteiger partial charge in [0, 0.05) is 35.6 Å². The van der Waals surface area contributed by atoms with Crippen LogP contribution in [0.2, 0.25) is 0 Å². The molecule has 1 aromatic carbocycles. The van der Waals surface area contributed by atoms with Crippen LogP contribution in [0.1, 0.15) is 23.2 Å². The number of amides is 1. The van der Waals surface area contributed by atoms with E-state index in [0.717, 1.165) is 42.4 Å². The Balaban J connectivity index is 1.78. The lowest BCUT2D eigenvalue weighted by Crippen LogP contribution is -2.35. The average molecular weight is 335 g/mol. The van der Waals surface area contributed by atoms with Crippen LogP contribution < -0.4 is 10.6 Å². The van der Waals surface area contributed by atoms with E-state index >= 15 is 0 Å². The fraction of sp³-hybridized carbons (Fsp3) is 0.412. The van der Waals surface area contributed by atoms with Crippen molar-refractivity contribution in [2.75, 3.05) is 24.6 Å². The maximum absolute atomic E-state index is 12.1. The Morgan fingerprint density at radius 3 is 2.75 bits per heavy atom. The third kappa shape index (κ3) is 3.62. The molecular weight excluding hydrogens is 316 g/mol. The van der Waals surface area contributed by atoms with Gasteiger partial charge >= 0.3 is 6.61 Å². The first kappa shape index (κ1) is 16.6. The minimum absolute atomic E-state index is 0.0884. The number of rotatable bonds is 5. The van der Waals surface area contributed by atoms with Gasteiger partial charge in [0.15, 0.2) is 0 Å². The number of piperidine rings is 1. The molecule has 2 heterocycles. The van der Waals surface area contributed by atoms with E-state index in [-0.39, 0.29) is 12.5 Å². The number of anilines is 1. The maximum Gasteiger partial charge on any atom is 0.345 e. The number of hydrogen-bond donors (Lipinski definition) is 1. The summed E-state index contributed by atoms with van der Waals surface area (Å²) in [6.45, 7) is -1.15. The van der Waals surface area contributed by atoms with Gasteiger partial charge in [-0.05, 0) is 30.9 Å². The van der Waals surface area contributed by atoms with E-state index in [1.54, 1.807) is 24.5 Å². The van der Waals surface area contributed by atoms with E-state index in [1.807, 2.05) is 6.07 Å². The highest BCUT2D eigenvalue weighted by molar-refractivity contribution is 6.01. The Kier molecular flexibility index (Phi) is 4.89. The quantitative estimate of drug-likeness (QED) is 0.912. The third-order valence-corrected chi connectivity index (χ3v) is 4.44. The first-order chi connectivity index (χ1) is 11.5. The van der Waals surface area contributed by atoms with Gasteiger partial charge in [0.1, 0.15) is 0 Å². The molecular formula is C17H19F2N3O2. The number of nitrogens with zero attached hydrogens (tertiary/aromatic N) is 2. The molecule has 1 aromatic heterocycles. The molecule has 1 fully saturated rings. The van der Waals surface area contributed by atoms with Crippen LogP contribution in [0.25, 0.3) is 10.8 Å². The lowest BCUT2D eigenvalue weighted by molar-refractivity contribution is -0.139. The maximum atomic E-state index is 12.1. The summed E-state index contributed by atoms with van der Waals surface area (Å²) in [5, 5.41) is 1.85. The van der Waals surface area contributed by atoms with Gasteiger partial charge in [-0.2, -0.15) is 8.78 Å². The molecule has 1 saturated heterocycles. The van der Waals surface area contributed by atoms with Crippen molar-refractivity contribution in [1.29, 1.82) is 0 Å². The topological polar surface area (TPSA) is 68.5 Å². The van der Waals surface area contributed by atoms with E-state index in [2.05, 4.69) is 14.6 Å². The molecule has 1 amide bonds. The second kappa shape index (κ2) is 7.09. The number of hydrogen-bond acceptors (Lipinski definition) is 4. The molecule has 0 atom stereocenters. The minimum Gasteiger partial charge on any atom is -0.370 e. The Hall–Kier alpha value is -2.28. The van der Waals surface area contributed by atoms with Gasteiger partial charge in [0.2, 0.25) is 5.91 Å². The fourth-order valence-electron chi connectivity index (χ4n) is 3.10. The third-order valence-electron chi connectivity index (χ3n) is 4.44. The number of benzene rings is 1. The number of primary amides is 1. The summed E-state index contributed by atoms with van der Waals surface area (Å²) in [7, 11) is 0. The number of carbonyl (C=O) groups is 1. The van der Waals surface area contributed by atoms with Gasteiger partial charge in [-0.25, -0.2) is 0 Å². The van der Waals surface area contributed by atoms with Crippen molar-refractivity contribution in [3.05, 3.63) is 36.2 Å². The normalized spacial score (nSPS) is 16.0. The molecule has 7 heteroatoms. The predicted octanol–water partition coefficient (Wildman–Crippen LogP) is 2.79. The van der Waals surface area contributed by atoms with Crippen molar-refractivity contribution in [3.63, 3.8) is 0 Å². The minimum atomic E-state index is -2.71. The van der Waals surface area contributed by atoms with E-state index in [9.17, 15) is 13.6 Å². The van der Waals surface area contributed by atoms with Crippen molar-refractivity contribution >= 4 is 22.4 Å². The molecule has 2 aromatic rings. The van der Waals surface area contributed by atoms with Crippen LogP contribution in [0.5, 0.6) is 0 Å². The number of halogens is 2. The van der Waals surface area contributed by atoms with E-state index in [0.29, 0.717) is 5.56 Å². The first-order valence-corrected chi connectivity index (χ1v) is 7.87. The molecule has 5 nitrogen and oxygen atoms in total. The molecule has 0 aliphatic carbocycles. The Morgan fingerprint density at radius 1 is 1.33 bits per heavy atom. The van der Waals surface area contributed by atoms with Crippen LogP contribution >= 0.6 is 0 Å². The van der Waals surface area contributed by atoms with Crippen molar-refractivity contribution in [2.24, 2.45) is 11.7 Å². The molecule has 128 valence electrons. The largest absolute Gasteiger partial charge is 0.370 e. The van der Waals surface area contributed by atoms with Crippen LogP contribution in [0, 0.1) is 5.92 Å². The number of alkyl halides is 2. The van der Waals surface area contributed by atoms with Gasteiger partial charge in [-0.3, -0.25) is 9.78 Å². The predicted molar refractivity (Wildman–Crippen MR) is 87.2 cm³/mol. The summed E-state index contributed by atoms with van der Waals surface area (Å²) in [6.07, 6.45) is 5.06. The van der Waals surface area contributed by atoms with Gasteiger partial charge in [-0.15, -0.1) is 0 Å². The highest BCUT2D eigenvalue weighted by atomic mass is 19.3. The molecule has 0 bridgehead atoms. The molecule has 1 aliphatic rings. The summed E-state index contributed by atoms with van der Waals surface area (Å²) in [4.78, 5) is 17.8. The average Bonchev–Trinajstić information content (AvgIpc) is 2.59. The highest BCUT2D eigenvalue weighted by Crippen LogP contribution is 2.30. The van der Waals surface area contributed by atoms with Crippen molar-refractivity contribution < 1.29 is 18.3 Å². The van der Waals surface area contributed by atoms with Crippen LogP contribution in [0.4, 0.5) is 14.5 Å². The number of nitrogens with two attached hydrogens (primary N) is 1. The van der Waals surface area contributed by atoms with Crippen LogP contribution in [-0.4, -0.2) is 37.2 Å². The van der Waals surface area contributed by atoms with Crippen LogP contribution in [0.15, 0.2) is 30.6 Å². The second-order valence-corrected chi connectivity index (χ2v) is 5.98. The number of aromatic nitrogens is 1. The molecule has 3 rings (SSSR count). The molecule has 0 radical (unpaired) electrons. The Bertz CT molecular complexity index is 731.